The molecule has 3 aromatic rings. The van der Waals surface area contributed by atoms with E-state index in [0.717, 1.165) is 23.2 Å². The number of aromatic nitrogens is 2. The van der Waals surface area contributed by atoms with Crippen molar-refractivity contribution in [3.8, 4) is 12.3 Å². The molecule has 1 saturated heterocycles. The number of ether oxygens (including phenoxy) is 2. The van der Waals surface area contributed by atoms with Gasteiger partial charge in [-0.05, 0) is 48.2 Å². The second-order valence-corrected chi connectivity index (χ2v) is 9.84. The zero-order valence-corrected chi connectivity index (χ0v) is 22.8. The Balaban J connectivity index is 1.30. The number of para-hydroxylation sites is 1. The normalized spacial score (nSPS) is 16.6. The minimum absolute atomic E-state index is 0.00384. The maximum absolute atomic E-state index is 14.8. The van der Waals surface area contributed by atoms with Crippen LogP contribution in [0.2, 0.25) is 5.02 Å². The van der Waals surface area contributed by atoms with E-state index in [1.807, 2.05) is 23.1 Å². The van der Waals surface area contributed by atoms with E-state index in [2.05, 4.69) is 31.8 Å². The van der Waals surface area contributed by atoms with Crippen LogP contribution in [0.4, 0.5) is 27.5 Å². The smallest absolute Gasteiger partial charge is 0.254 e. The maximum atomic E-state index is 14.8. The molecule has 2 aliphatic heterocycles. The van der Waals surface area contributed by atoms with Gasteiger partial charge in [0, 0.05) is 18.8 Å². The van der Waals surface area contributed by atoms with Gasteiger partial charge in [-0.3, -0.25) is 9.59 Å². The van der Waals surface area contributed by atoms with Crippen molar-refractivity contribution in [1.29, 1.82) is 0 Å². The number of benzene rings is 2. The van der Waals surface area contributed by atoms with Crippen LogP contribution in [0.1, 0.15) is 21.5 Å². The number of amides is 2. The Morgan fingerprint density at radius 2 is 1.98 bits per heavy atom. The molecule has 212 valence electrons. The van der Waals surface area contributed by atoms with Gasteiger partial charge >= 0.3 is 0 Å². The van der Waals surface area contributed by atoms with Gasteiger partial charge in [0.2, 0.25) is 5.95 Å². The molecule has 2 aliphatic rings. The van der Waals surface area contributed by atoms with Crippen molar-refractivity contribution in [3.05, 3.63) is 70.1 Å². The average Bonchev–Trinajstić information content (AvgIpc) is 3.21. The highest BCUT2D eigenvalue weighted by atomic mass is 35.5. The molecule has 0 saturated carbocycles. The van der Waals surface area contributed by atoms with E-state index >= 15 is 0 Å². The Bertz CT molecular complexity index is 1490. The van der Waals surface area contributed by atoms with Crippen molar-refractivity contribution in [2.24, 2.45) is 0 Å². The summed E-state index contributed by atoms with van der Waals surface area (Å²) in [7, 11) is 0. The van der Waals surface area contributed by atoms with Gasteiger partial charge in [-0.1, -0.05) is 29.7 Å². The molecule has 41 heavy (non-hydrogen) atoms. The lowest BCUT2D eigenvalue weighted by atomic mass is 10.0. The molecule has 10 nitrogen and oxygen atoms in total. The van der Waals surface area contributed by atoms with E-state index in [1.165, 1.54) is 24.4 Å². The van der Waals surface area contributed by atoms with Gasteiger partial charge in [-0.2, -0.15) is 4.98 Å². The molecule has 1 fully saturated rings. The molecule has 1 unspecified atom stereocenters. The monoisotopic (exact) mass is 578 g/mol. The Hall–Kier alpha value is -4.24. The van der Waals surface area contributed by atoms with Crippen LogP contribution in [0.25, 0.3) is 0 Å². The number of hydrogen-bond acceptors (Lipinski definition) is 8. The highest BCUT2D eigenvalue weighted by Crippen LogP contribution is 2.29. The predicted octanol–water partition coefficient (Wildman–Crippen LogP) is 3.46. The molecule has 0 bridgehead atoms. The quantitative estimate of drug-likeness (QED) is 0.365. The van der Waals surface area contributed by atoms with E-state index in [-0.39, 0.29) is 47.1 Å². The van der Waals surface area contributed by atoms with Gasteiger partial charge in [0.15, 0.2) is 11.9 Å². The highest BCUT2D eigenvalue weighted by molar-refractivity contribution is 6.33. The summed E-state index contributed by atoms with van der Waals surface area (Å²) in [5, 5.41) is 8.64. The molecule has 0 spiro atoms. The Kier molecular flexibility index (Phi) is 8.94. The second kappa shape index (κ2) is 13.0. The molecule has 3 heterocycles. The minimum Gasteiger partial charge on any atom is -0.376 e. The number of fused-ring (bicyclic) bond motifs is 1. The van der Waals surface area contributed by atoms with Crippen molar-refractivity contribution in [3.63, 3.8) is 0 Å². The standard InChI is InChI=1S/C29H28ClFN6O4/c1-2-10-32-27(38)21-4-3-5-23(31)25(21)35-26-22(30)16-33-29(36-26)34-20-7-6-18-8-11-37(12-9-19(18)15-20)28(39)24-17-40-13-14-41-24/h1,3-7,15-16,24H,8-14,17H2,(H,32,38)(H2,33,34,35,36). The minimum atomic E-state index is -0.664. The zero-order chi connectivity index (χ0) is 28.8. The molecular weight excluding hydrogens is 551 g/mol. The second-order valence-electron chi connectivity index (χ2n) is 9.43. The van der Waals surface area contributed by atoms with Gasteiger partial charge < -0.3 is 30.3 Å². The van der Waals surface area contributed by atoms with Gasteiger partial charge in [-0.15, -0.1) is 6.42 Å². The summed E-state index contributed by atoms with van der Waals surface area (Å²) in [6.07, 6.45) is 7.44. The van der Waals surface area contributed by atoms with E-state index in [9.17, 15) is 14.0 Å². The number of anilines is 4. The molecule has 2 aromatic carbocycles. The fraction of sp³-hybridized carbons (Fsp3) is 0.310. The van der Waals surface area contributed by atoms with E-state index in [4.69, 9.17) is 27.5 Å². The van der Waals surface area contributed by atoms with Gasteiger partial charge in [0.05, 0.1) is 43.8 Å². The van der Waals surface area contributed by atoms with Crippen LogP contribution in [-0.4, -0.2) is 72.2 Å². The lowest BCUT2D eigenvalue weighted by Crippen LogP contribution is -2.46. The van der Waals surface area contributed by atoms with Crippen LogP contribution in [0.5, 0.6) is 0 Å². The van der Waals surface area contributed by atoms with Crippen LogP contribution >= 0.6 is 11.6 Å². The third-order valence-electron chi connectivity index (χ3n) is 6.76. The Labute approximate surface area is 241 Å². The predicted molar refractivity (Wildman–Crippen MR) is 152 cm³/mol. The first-order valence-corrected chi connectivity index (χ1v) is 13.5. The fourth-order valence-corrected chi connectivity index (χ4v) is 4.83. The Morgan fingerprint density at radius 3 is 2.76 bits per heavy atom. The fourth-order valence-electron chi connectivity index (χ4n) is 4.69. The van der Waals surface area contributed by atoms with E-state index in [1.54, 1.807) is 0 Å². The van der Waals surface area contributed by atoms with Crippen molar-refractivity contribution in [2.75, 3.05) is 50.1 Å². The molecule has 1 aromatic heterocycles. The number of rotatable bonds is 7. The molecule has 1 atom stereocenters. The van der Waals surface area contributed by atoms with Gasteiger partial charge in [0.25, 0.3) is 11.8 Å². The molecule has 5 rings (SSSR count). The summed E-state index contributed by atoms with van der Waals surface area (Å²) >= 11 is 6.31. The number of nitrogens with one attached hydrogen (secondary N) is 3. The third-order valence-corrected chi connectivity index (χ3v) is 7.04. The number of hydrogen-bond donors (Lipinski definition) is 3. The zero-order valence-electron chi connectivity index (χ0n) is 22.1. The summed E-state index contributed by atoms with van der Waals surface area (Å²) in [6, 6.07) is 10.0. The number of carbonyl (C=O) groups is 2. The van der Waals surface area contributed by atoms with Crippen molar-refractivity contribution in [2.45, 2.75) is 18.9 Å². The molecule has 0 aliphatic carbocycles. The van der Waals surface area contributed by atoms with E-state index < -0.39 is 17.8 Å². The largest absolute Gasteiger partial charge is 0.376 e. The summed E-state index contributed by atoms with van der Waals surface area (Å²) in [5.74, 6) is 1.38. The molecule has 2 amide bonds. The summed E-state index contributed by atoms with van der Waals surface area (Å²) in [4.78, 5) is 35.9. The molecule has 3 N–H and O–H groups in total. The maximum Gasteiger partial charge on any atom is 0.254 e. The van der Waals surface area contributed by atoms with E-state index in [0.29, 0.717) is 32.7 Å². The average molecular weight is 579 g/mol. The lowest BCUT2D eigenvalue weighted by molar-refractivity contribution is -0.157. The molecule has 12 heteroatoms. The van der Waals surface area contributed by atoms with Crippen molar-refractivity contribution < 1.29 is 23.5 Å². The van der Waals surface area contributed by atoms with Crippen molar-refractivity contribution in [1.82, 2.24) is 20.2 Å². The van der Waals surface area contributed by atoms with Gasteiger partial charge in [0.1, 0.15) is 10.8 Å². The lowest BCUT2D eigenvalue weighted by Gasteiger charge is -2.28. The van der Waals surface area contributed by atoms with Crippen LogP contribution in [0, 0.1) is 18.2 Å². The molecular formula is C29H28ClFN6O4. The summed E-state index contributed by atoms with van der Waals surface area (Å²) < 4.78 is 25.7. The van der Waals surface area contributed by atoms with Crippen molar-refractivity contribution >= 4 is 46.6 Å². The first-order valence-electron chi connectivity index (χ1n) is 13.1. The first kappa shape index (κ1) is 28.3. The topological polar surface area (TPSA) is 118 Å². The van der Waals surface area contributed by atoms with Crippen LogP contribution in [-0.2, 0) is 27.1 Å². The summed E-state index contributed by atoms with van der Waals surface area (Å²) in [6.45, 7) is 2.38. The van der Waals surface area contributed by atoms with Crippen LogP contribution in [0.15, 0.2) is 42.6 Å². The molecule has 0 radical (unpaired) electrons. The van der Waals surface area contributed by atoms with Crippen LogP contribution in [0.3, 0.4) is 0 Å². The van der Waals surface area contributed by atoms with Gasteiger partial charge in [-0.25, -0.2) is 9.37 Å². The highest BCUT2D eigenvalue weighted by Gasteiger charge is 2.28. The third kappa shape index (κ3) is 6.74. The van der Waals surface area contributed by atoms with Crippen LogP contribution < -0.4 is 16.0 Å². The Morgan fingerprint density at radius 1 is 1.15 bits per heavy atom. The number of terminal acetylenes is 1. The number of carbonyl (C=O) groups excluding carboxylic acids is 2. The SMILES string of the molecule is C#CCNC(=O)c1cccc(F)c1Nc1nc(Nc2ccc3c(c2)CCN(C(=O)C2COCCO2)CC3)ncc1Cl. The number of halogens is 2. The number of nitrogens with zero attached hydrogens (tertiary/aromatic N) is 3. The summed E-state index contributed by atoms with van der Waals surface area (Å²) in [5.41, 5.74) is 2.95. The first-order chi connectivity index (χ1) is 19.9.